The molecule has 4 rings (SSSR count). The first-order chi connectivity index (χ1) is 18.9. The number of thiazole rings is 1. The lowest BCUT2D eigenvalue weighted by Gasteiger charge is -2.26. The fraction of sp³-hybridized carbons (Fsp3) is 0.484. The van der Waals surface area contributed by atoms with Gasteiger partial charge < -0.3 is 25.7 Å². The first kappa shape index (κ1) is 28.7. The van der Waals surface area contributed by atoms with Crippen molar-refractivity contribution in [2.75, 3.05) is 5.32 Å². The van der Waals surface area contributed by atoms with E-state index in [2.05, 4.69) is 50.3 Å². The van der Waals surface area contributed by atoms with Crippen LogP contribution < -0.4 is 20.5 Å². The number of benzene rings is 2. The molecule has 1 atom stereocenters. The van der Waals surface area contributed by atoms with E-state index in [1.54, 1.807) is 11.3 Å². The molecule has 1 saturated carbocycles. The summed E-state index contributed by atoms with van der Waals surface area (Å²) in [6, 6.07) is 14.1. The molecule has 0 aliphatic heterocycles. The smallest absolute Gasteiger partial charge is 0.241 e. The summed E-state index contributed by atoms with van der Waals surface area (Å²) in [6.07, 6.45) is 8.24. The van der Waals surface area contributed by atoms with Crippen LogP contribution in [0, 0.1) is 6.92 Å². The summed E-state index contributed by atoms with van der Waals surface area (Å²) in [6.45, 7) is 8.63. The lowest BCUT2D eigenvalue weighted by molar-refractivity contribution is -0.00207. The molecule has 0 radical (unpaired) electrons. The first-order valence-electron chi connectivity index (χ1n) is 14.2. The summed E-state index contributed by atoms with van der Waals surface area (Å²) in [5.74, 6) is 1.94. The number of hydrogen-bond donors (Lipinski definition) is 3. The fourth-order valence-corrected chi connectivity index (χ4v) is 5.96. The molecule has 3 aromatic rings. The number of ether oxygens (including phenoxy) is 2. The van der Waals surface area contributed by atoms with E-state index in [1.807, 2.05) is 30.3 Å². The average molecular weight is 551 g/mol. The van der Waals surface area contributed by atoms with E-state index in [-0.39, 0.29) is 5.84 Å². The molecule has 8 heteroatoms. The van der Waals surface area contributed by atoms with Crippen molar-refractivity contribution < 1.29 is 14.7 Å². The number of unbranched alkanes of at least 4 members (excludes halogenated alkanes) is 1. The fourth-order valence-electron chi connectivity index (χ4n) is 5.01. The van der Waals surface area contributed by atoms with Crippen molar-refractivity contribution in [3.8, 4) is 22.8 Å². The van der Waals surface area contributed by atoms with E-state index in [4.69, 9.17) is 20.2 Å². The van der Waals surface area contributed by atoms with Gasteiger partial charge in [0.1, 0.15) is 11.5 Å². The Morgan fingerprint density at radius 2 is 1.79 bits per heavy atom. The van der Waals surface area contributed by atoms with Crippen LogP contribution in [-0.4, -0.2) is 28.4 Å². The van der Waals surface area contributed by atoms with Crippen molar-refractivity contribution in [1.82, 2.24) is 4.98 Å². The van der Waals surface area contributed by atoms with Crippen LogP contribution in [0.3, 0.4) is 0 Å². The number of nitrogens with two attached hydrogens (primary N) is 1. The molecule has 0 amide bonds. The number of aromatic nitrogens is 1. The Kier molecular flexibility index (Phi) is 10.1. The van der Waals surface area contributed by atoms with Gasteiger partial charge in [0.25, 0.3) is 0 Å². The van der Waals surface area contributed by atoms with Gasteiger partial charge in [-0.25, -0.2) is 4.98 Å². The largest absolute Gasteiger partial charge is 0.455 e. The van der Waals surface area contributed by atoms with Crippen LogP contribution in [0.4, 0.5) is 5.69 Å². The lowest BCUT2D eigenvalue weighted by atomic mass is 9.95. The highest BCUT2D eigenvalue weighted by atomic mass is 32.1. The van der Waals surface area contributed by atoms with E-state index in [9.17, 15) is 5.21 Å². The van der Waals surface area contributed by atoms with Crippen molar-refractivity contribution in [2.24, 2.45) is 10.9 Å². The van der Waals surface area contributed by atoms with Gasteiger partial charge in [-0.1, -0.05) is 51.6 Å². The zero-order valence-corrected chi connectivity index (χ0v) is 24.4. The molecule has 0 bridgehead atoms. The summed E-state index contributed by atoms with van der Waals surface area (Å²) in [5, 5.41) is 17.2. The van der Waals surface area contributed by atoms with E-state index >= 15 is 0 Å². The lowest BCUT2D eigenvalue weighted by Crippen LogP contribution is -2.26. The molecule has 2 aromatic carbocycles. The van der Waals surface area contributed by atoms with Crippen LogP contribution in [0.1, 0.15) is 93.5 Å². The Morgan fingerprint density at radius 1 is 1.10 bits per heavy atom. The summed E-state index contributed by atoms with van der Waals surface area (Å²) >= 11 is 1.76. The van der Waals surface area contributed by atoms with Crippen LogP contribution in [0.5, 0.6) is 11.5 Å². The zero-order valence-electron chi connectivity index (χ0n) is 23.6. The predicted molar refractivity (Wildman–Crippen MR) is 160 cm³/mol. The average Bonchev–Trinajstić information content (AvgIpc) is 3.34. The number of aryl methyl sites for hydroxylation is 1. The Labute approximate surface area is 236 Å². The van der Waals surface area contributed by atoms with Gasteiger partial charge in [-0.15, -0.1) is 11.3 Å². The summed E-state index contributed by atoms with van der Waals surface area (Å²) in [4.78, 5) is 6.08. The SMILES string of the molecule is CCCCC(Oc1ccc(-c2nc(C)sc2C(C)C)cc1)Oc1ccc(C(N)=NO)c(NC2CCCCC2)c1. The summed E-state index contributed by atoms with van der Waals surface area (Å²) in [5.41, 5.74) is 9.62. The number of anilines is 1. The highest BCUT2D eigenvalue weighted by Crippen LogP contribution is 2.35. The number of rotatable bonds is 12. The molecule has 1 aromatic heterocycles. The highest BCUT2D eigenvalue weighted by Gasteiger charge is 2.19. The van der Waals surface area contributed by atoms with Crippen LogP contribution in [0.15, 0.2) is 47.6 Å². The second-order valence-corrected chi connectivity index (χ2v) is 11.8. The number of nitrogens with zero attached hydrogens (tertiary/aromatic N) is 2. The highest BCUT2D eigenvalue weighted by molar-refractivity contribution is 7.12. The van der Waals surface area contributed by atoms with Gasteiger partial charge in [-0.05, 0) is 68.5 Å². The van der Waals surface area contributed by atoms with Crippen molar-refractivity contribution in [1.29, 1.82) is 0 Å². The van der Waals surface area contributed by atoms with E-state index < -0.39 is 6.29 Å². The number of nitrogens with one attached hydrogen (secondary N) is 1. The number of amidine groups is 1. The topological polar surface area (TPSA) is 102 Å². The van der Waals surface area contributed by atoms with Crippen LogP contribution in [0.2, 0.25) is 0 Å². The maximum atomic E-state index is 9.31. The molecule has 210 valence electrons. The second-order valence-electron chi connectivity index (χ2n) is 10.6. The van der Waals surface area contributed by atoms with Gasteiger partial charge in [-0.3, -0.25) is 0 Å². The third-order valence-electron chi connectivity index (χ3n) is 7.08. The van der Waals surface area contributed by atoms with Gasteiger partial charge in [0, 0.05) is 40.2 Å². The Morgan fingerprint density at radius 3 is 2.46 bits per heavy atom. The molecule has 1 heterocycles. The Hall–Kier alpha value is -3.26. The zero-order chi connectivity index (χ0) is 27.8. The van der Waals surface area contributed by atoms with E-state index in [1.165, 1.54) is 24.1 Å². The van der Waals surface area contributed by atoms with E-state index in [0.29, 0.717) is 23.3 Å². The first-order valence-corrected chi connectivity index (χ1v) is 15.0. The van der Waals surface area contributed by atoms with Gasteiger partial charge in [0.05, 0.1) is 10.7 Å². The Balaban J connectivity index is 1.52. The molecule has 7 nitrogen and oxygen atoms in total. The summed E-state index contributed by atoms with van der Waals surface area (Å²) in [7, 11) is 0. The molecular weight excluding hydrogens is 508 g/mol. The number of hydrogen-bond acceptors (Lipinski definition) is 7. The quantitative estimate of drug-likeness (QED) is 0.0693. The van der Waals surface area contributed by atoms with Gasteiger partial charge in [-0.2, -0.15) is 0 Å². The molecule has 0 saturated heterocycles. The molecular formula is C31H42N4O3S. The van der Waals surface area contributed by atoms with Crippen molar-refractivity contribution in [3.63, 3.8) is 0 Å². The van der Waals surface area contributed by atoms with Crippen LogP contribution in [-0.2, 0) is 0 Å². The summed E-state index contributed by atoms with van der Waals surface area (Å²) < 4.78 is 12.7. The van der Waals surface area contributed by atoms with E-state index in [0.717, 1.165) is 59.8 Å². The van der Waals surface area contributed by atoms with Crippen LogP contribution in [0.25, 0.3) is 11.3 Å². The van der Waals surface area contributed by atoms with Crippen molar-refractivity contribution in [2.45, 2.75) is 97.3 Å². The molecule has 1 aliphatic carbocycles. The molecule has 0 spiro atoms. The number of oxime groups is 1. The van der Waals surface area contributed by atoms with Crippen molar-refractivity contribution in [3.05, 3.63) is 57.9 Å². The minimum atomic E-state index is -0.444. The third kappa shape index (κ3) is 7.66. The maximum absolute atomic E-state index is 9.31. The van der Waals surface area contributed by atoms with Gasteiger partial charge in [0.15, 0.2) is 5.84 Å². The minimum absolute atomic E-state index is 0.0784. The predicted octanol–water partition coefficient (Wildman–Crippen LogP) is 8.06. The normalized spacial score (nSPS) is 15.4. The maximum Gasteiger partial charge on any atom is 0.241 e. The van der Waals surface area contributed by atoms with Crippen molar-refractivity contribution >= 4 is 22.9 Å². The monoisotopic (exact) mass is 550 g/mol. The molecule has 4 N–H and O–H groups in total. The Bertz CT molecular complexity index is 1230. The van der Waals surface area contributed by atoms with Crippen LogP contribution >= 0.6 is 11.3 Å². The molecule has 1 unspecified atom stereocenters. The molecule has 1 aliphatic rings. The second kappa shape index (κ2) is 13.7. The standard InChI is InChI=1S/C31H42N4O3S/c1-5-6-12-28(37-24-15-13-22(14-16-24)29-30(20(2)3)39-21(4)33-29)38-25-17-18-26(31(32)35-36)27(19-25)34-23-10-8-7-9-11-23/h13-20,23,28,34,36H,5-12H2,1-4H3,(H2,32,35). The minimum Gasteiger partial charge on any atom is -0.455 e. The van der Waals surface area contributed by atoms with Gasteiger partial charge >= 0.3 is 0 Å². The third-order valence-corrected chi connectivity index (χ3v) is 8.35. The molecule has 39 heavy (non-hydrogen) atoms. The molecule has 1 fully saturated rings. The van der Waals surface area contributed by atoms with Gasteiger partial charge in [0.2, 0.25) is 6.29 Å².